The van der Waals surface area contributed by atoms with Gasteiger partial charge in [0.1, 0.15) is 0 Å². The van der Waals surface area contributed by atoms with Gasteiger partial charge in [0.2, 0.25) is 0 Å². The monoisotopic (exact) mass is 265 g/mol. The van der Waals surface area contributed by atoms with Crippen LogP contribution < -0.4 is 10.1 Å². The van der Waals surface area contributed by atoms with Crippen LogP contribution in [0.4, 0.5) is 0 Å². The topological polar surface area (TPSA) is 50.7 Å². The predicted octanol–water partition coefficient (Wildman–Crippen LogP) is 2.62. The van der Waals surface area contributed by atoms with Crippen molar-refractivity contribution in [1.82, 2.24) is 5.32 Å². The number of rotatable bonds is 4. The number of methoxy groups -OCH3 is 1. The zero-order valence-corrected chi connectivity index (χ0v) is 11.8. The molecule has 2 N–H and O–H groups in total. The van der Waals surface area contributed by atoms with Gasteiger partial charge in [-0.2, -0.15) is 0 Å². The number of nitrogens with one attached hydrogen (secondary N) is 1. The Labute approximate surface area is 114 Å². The number of benzene rings is 1. The number of aromatic hydroxyl groups is 1. The average molecular weight is 265 g/mol. The highest BCUT2D eigenvalue weighted by Gasteiger charge is 2.21. The van der Waals surface area contributed by atoms with Crippen molar-refractivity contribution >= 4 is 0 Å². The summed E-state index contributed by atoms with van der Waals surface area (Å²) in [6, 6.07) is 6.20. The third kappa shape index (κ3) is 3.61. The van der Waals surface area contributed by atoms with Crippen LogP contribution in [0.3, 0.4) is 0 Å². The molecule has 0 aromatic heterocycles. The molecule has 0 saturated carbocycles. The fourth-order valence-electron chi connectivity index (χ4n) is 2.56. The van der Waals surface area contributed by atoms with E-state index in [0.29, 0.717) is 17.9 Å². The maximum absolute atomic E-state index is 9.61. The van der Waals surface area contributed by atoms with E-state index in [4.69, 9.17) is 9.47 Å². The van der Waals surface area contributed by atoms with E-state index < -0.39 is 0 Å². The molecule has 1 heterocycles. The van der Waals surface area contributed by atoms with Crippen LogP contribution in [-0.2, 0) is 4.74 Å². The van der Waals surface area contributed by atoms with Gasteiger partial charge in [0.15, 0.2) is 11.5 Å². The Morgan fingerprint density at radius 2 is 2.26 bits per heavy atom. The van der Waals surface area contributed by atoms with E-state index >= 15 is 0 Å². The molecule has 0 spiro atoms. The number of phenolic OH excluding ortho intramolecular Hbond substituents is 1. The maximum Gasteiger partial charge on any atom is 0.160 e. The molecule has 4 heteroatoms. The highest BCUT2D eigenvalue weighted by molar-refractivity contribution is 5.42. The Balaban J connectivity index is 2.01. The first-order chi connectivity index (χ1) is 9.10. The molecule has 0 bridgehead atoms. The van der Waals surface area contributed by atoms with Crippen molar-refractivity contribution in [3.8, 4) is 11.5 Å². The minimum Gasteiger partial charge on any atom is -0.504 e. The van der Waals surface area contributed by atoms with Crippen molar-refractivity contribution in [3.63, 3.8) is 0 Å². The van der Waals surface area contributed by atoms with E-state index in [2.05, 4.69) is 19.2 Å². The van der Waals surface area contributed by atoms with Crippen molar-refractivity contribution in [3.05, 3.63) is 23.8 Å². The third-order valence-electron chi connectivity index (χ3n) is 3.67. The van der Waals surface area contributed by atoms with Crippen LogP contribution in [0.1, 0.15) is 38.3 Å². The minimum absolute atomic E-state index is 0.179. The summed E-state index contributed by atoms with van der Waals surface area (Å²) in [4.78, 5) is 0. The van der Waals surface area contributed by atoms with Gasteiger partial charge in [-0.25, -0.2) is 0 Å². The normalized spacial score (nSPS) is 25.0. The Hall–Kier alpha value is -1.26. The number of phenols is 1. The Morgan fingerprint density at radius 3 is 2.95 bits per heavy atom. The van der Waals surface area contributed by atoms with Crippen molar-refractivity contribution in [1.29, 1.82) is 0 Å². The number of hydrogen-bond acceptors (Lipinski definition) is 4. The molecule has 1 saturated heterocycles. The number of ether oxygens (including phenoxy) is 2. The van der Waals surface area contributed by atoms with Crippen LogP contribution >= 0.6 is 0 Å². The smallest absolute Gasteiger partial charge is 0.160 e. The van der Waals surface area contributed by atoms with Crippen LogP contribution in [0.2, 0.25) is 0 Å². The van der Waals surface area contributed by atoms with E-state index in [9.17, 15) is 5.11 Å². The summed E-state index contributed by atoms with van der Waals surface area (Å²) in [5.41, 5.74) is 1.12. The van der Waals surface area contributed by atoms with E-state index in [1.54, 1.807) is 13.2 Å². The van der Waals surface area contributed by atoms with E-state index in [1.807, 2.05) is 12.1 Å². The summed E-state index contributed by atoms with van der Waals surface area (Å²) in [5, 5.41) is 13.2. The lowest BCUT2D eigenvalue weighted by atomic mass is 10.0. The van der Waals surface area contributed by atoms with Crippen LogP contribution in [-0.4, -0.2) is 31.0 Å². The van der Waals surface area contributed by atoms with Gasteiger partial charge in [-0.3, -0.25) is 0 Å². The first kappa shape index (κ1) is 14.2. The standard InChI is InChI=1S/C15H23NO3/c1-10-8-13(6-7-19-10)16-11(2)12-4-5-14(17)15(9-12)18-3/h4-5,9-11,13,16-17H,6-8H2,1-3H3. The van der Waals surface area contributed by atoms with Crippen LogP contribution in [0.25, 0.3) is 0 Å². The van der Waals surface area contributed by atoms with Crippen molar-refractivity contribution < 1.29 is 14.6 Å². The molecule has 0 amide bonds. The summed E-state index contributed by atoms with van der Waals surface area (Å²) in [6.45, 7) is 5.07. The van der Waals surface area contributed by atoms with Gasteiger partial charge in [0.05, 0.1) is 13.2 Å². The van der Waals surface area contributed by atoms with E-state index in [-0.39, 0.29) is 11.8 Å². The molecule has 0 radical (unpaired) electrons. The summed E-state index contributed by atoms with van der Waals surface area (Å²) in [6.07, 6.45) is 2.41. The van der Waals surface area contributed by atoms with E-state index in [1.165, 1.54) is 0 Å². The van der Waals surface area contributed by atoms with Crippen LogP contribution in [0.15, 0.2) is 18.2 Å². The largest absolute Gasteiger partial charge is 0.504 e. The molecule has 19 heavy (non-hydrogen) atoms. The third-order valence-corrected chi connectivity index (χ3v) is 3.67. The fraction of sp³-hybridized carbons (Fsp3) is 0.600. The lowest BCUT2D eigenvalue weighted by Gasteiger charge is -2.30. The average Bonchev–Trinajstić information content (AvgIpc) is 2.39. The molecular weight excluding hydrogens is 242 g/mol. The van der Waals surface area contributed by atoms with Crippen molar-refractivity contribution in [2.75, 3.05) is 13.7 Å². The summed E-state index contributed by atoms with van der Waals surface area (Å²) in [5.74, 6) is 0.699. The van der Waals surface area contributed by atoms with Crippen molar-refractivity contribution in [2.24, 2.45) is 0 Å². The molecule has 0 aliphatic carbocycles. The van der Waals surface area contributed by atoms with Crippen LogP contribution in [0.5, 0.6) is 11.5 Å². The van der Waals surface area contributed by atoms with Gasteiger partial charge in [-0.15, -0.1) is 0 Å². The molecule has 1 aromatic carbocycles. The molecule has 3 unspecified atom stereocenters. The van der Waals surface area contributed by atoms with Gasteiger partial charge < -0.3 is 19.9 Å². The molecule has 2 rings (SSSR count). The van der Waals surface area contributed by atoms with Gasteiger partial charge >= 0.3 is 0 Å². The fourth-order valence-corrected chi connectivity index (χ4v) is 2.56. The highest BCUT2D eigenvalue weighted by atomic mass is 16.5. The summed E-state index contributed by atoms with van der Waals surface area (Å²) in [7, 11) is 1.57. The second kappa shape index (κ2) is 6.26. The molecule has 106 valence electrons. The Morgan fingerprint density at radius 1 is 1.47 bits per heavy atom. The lowest BCUT2D eigenvalue weighted by Crippen LogP contribution is -2.39. The lowest BCUT2D eigenvalue weighted by molar-refractivity contribution is 0.0116. The summed E-state index contributed by atoms with van der Waals surface area (Å²) >= 11 is 0. The molecule has 3 atom stereocenters. The van der Waals surface area contributed by atoms with Crippen molar-refractivity contribution in [2.45, 2.75) is 44.9 Å². The quantitative estimate of drug-likeness (QED) is 0.878. The minimum atomic E-state index is 0.179. The van der Waals surface area contributed by atoms with Gasteiger partial charge in [0.25, 0.3) is 0 Å². The van der Waals surface area contributed by atoms with E-state index in [0.717, 1.165) is 25.0 Å². The Kier molecular flexibility index (Phi) is 4.66. The second-order valence-electron chi connectivity index (χ2n) is 5.22. The Bertz CT molecular complexity index is 422. The zero-order valence-electron chi connectivity index (χ0n) is 11.8. The summed E-state index contributed by atoms with van der Waals surface area (Å²) < 4.78 is 10.7. The first-order valence-electron chi connectivity index (χ1n) is 6.84. The number of hydrogen-bond donors (Lipinski definition) is 2. The van der Waals surface area contributed by atoms with Gasteiger partial charge in [0, 0.05) is 18.7 Å². The van der Waals surface area contributed by atoms with Crippen LogP contribution in [0, 0.1) is 0 Å². The second-order valence-corrected chi connectivity index (χ2v) is 5.22. The molecule has 1 aliphatic rings. The zero-order chi connectivity index (χ0) is 13.8. The molecular formula is C15H23NO3. The highest BCUT2D eigenvalue weighted by Crippen LogP contribution is 2.29. The SMILES string of the molecule is COc1cc(C(C)NC2CCOC(C)C2)ccc1O. The molecule has 1 aromatic rings. The first-order valence-corrected chi connectivity index (χ1v) is 6.84. The molecule has 1 fully saturated rings. The molecule has 1 aliphatic heterocycles. The van der Waals surface area contributed by atoms with Gasteiger partial charge in [-0.1, -0.05) is 6.07 Å². The maximum atomic E-state index is 9.61. The predicted molar refractivity (Wildman–Crippen MR) is 74.6 cm³/mol. The van der Waals surface area contributed by atoms with Gasteiger partial charge in [-0.05, 0) is 44.4 Å². The molecule has 4 nitrogen and oxygen atoms in total.